The van der Waals surface area contributed by atoms with Gasteiger partial charge in [-0.25, -0.2) is 9.59 Å². The average Bonchev–Trinajstić information content (AvgIpc) is 2.87. The van der Waals surface area contributed by atoms with Crippen molar-refractivity contribution in [2.24, 2.45) is 5.92 Å². The van der Waals surface area contributed by atoms with E-state index in [1.807, 2.05) is 0 Å². The molecule has 3 atom stereocenters. The first-order valence-electron chi connectivity index (χ1n) is 6.55. The second-order valence-electron chi connectivity index (χ2n) is 5.14. The summed E-state index contributed by atoms with van der Waals surface area (Å²) in [7, 11) is 0. The first-order valence-corrected chi connectivity index (χ1v) is 7.70. The summed E-state index contributed by atoms with van der Waals surface area (Å²) in [5, 5.41) is 18.7. The van der Waals surface area contributed by atoms with Gasteiger partial charge in [0.2, 0.25) is 0 Å². The molecule has 2 aliphatic rings. The zero-order valence-electron chi connectivity index (χ0n) is 11.0. The molecule has 2 saturated heterocycles. The molecule has 19 heavy (non-hydrogen) atoms. The van der Waals surface area contributed by atoms with Crippen molar-refractivity contribution in [1.82, 2.24) is 9.80 Å². The Morgan fingerprint density at radius 3 is 2.68 bits per heavy atom. The molecule has 0 bridgehead atoms. The minimum atomic E-state index is -0.938. The molecule has 0 aromatic rings. The van der Waals surface area contributed by atoms with Crippen LogP contribution in [0.4, 0.5) is 4.79 Å². The number of aliphatic carboxylic acids is 1. The third-order valence-corrected chi connectivity index (χ3v) is 4.86. The molecule has 7 heteroatoms. The molecule has 2 amide bonds. The zero-order valence-corrected chi connectivity index (χ0v) is 11.8. The van der Waals surface area contributed by atoms with E-state index in [-0.39, 0.29) is 11.9 Å². The van der Waals surface area contributed by atoms with Gasteiger partial charge in [-0.3, -0.25) is 0 Å². The van der Waals surface area contributed by atoms with E-state index in [4.69, 9.17) is 0 Å². The first-order chi connectivity index (χ1) is 9.00. The molecule has 2 rings (SSSR count). The van der Waals surface area contributed by atoms with Gasteiger partial charge in [0.05, 0.1) is 6.10 Å². The summed E-state index contributed by atoms with van der Waals surface area (Å²) < 4.78 is 0. The fraction of sp³-hybridized carbons (Fsp3) is 0.833. The molecule has 0 aromatic carbocycles. The average molecular weight is 288 g/mol. The molecule has 2 heterocycles. The molecule has 2 fully saturated rings. The lowest BCUT2D eigenvalue weighted by Gasteiger charge is -2.35. The van der Waals surface area contributed by atoms with Crippen LogP contribution in [0.3, 0.4) is 0 Å². The minimum absolute atomic E-state index is 0.103. The normalized spacial score (nSPS) is 29.4. The number of hydrogen-bond acceptors (Lipinski definition) is 4. The second kappa shape index (κ2) is 6.00. The fourth-order valence-corrected chi connectivity index (χ4v) is 3.61. The summed E-state index contributed by atoms with van der Waals surface area (Å²) in [5.41, 5.74) is 0. The summed E-state index contributed by atoms with van der Waals surface area (Å²) in [4.78, 5) is 26.7. The van der Waals surface area contributed by atoms with Crippen molar-refractivity contribution >= 4 is 23.8 Å². The van der Waals surface area contributed by atoms with Gasteiger partial charge in [-0.15, -0.1) is 0 Å². The SMILES string of the molecule is CC(O)C1CCN(C(=O)N2CCSCC2C(=O)O)C1. The van der Waals surface area contributed by atoms with E-state index >= 15 is 0 Å². The predicted molar refractivity (Wildman–Crippen MR) is 72.2 cm³/mol. The number of carbonyl (C=O) groups excluding carboxylic acids is 1. The third-order valence-electron chi connectivity index (χ3n) is 3.84. The predicted octanol–water partition coefficient (Wildman–Crippen LogP) is 0.311. The summed E-state index contributed by atoms with van der Waals surface area (Å²) in [6.45, 7) is 3.34. The molecule has 0 aromatic heterocycles. The molecule has 108 valence electrons. The topological polar surface area (TPSA) is 81.1 Å². The fourth-order valence-electron chi connectivity index (χ4n) is 2.57. The van der Waals surface area contributed by atoms with Crippen LogP contribution < -0.4 is 0 Å². The number of nitrogens with zero attached hydrogens (tertiary/aromatic N) is 2. The van der Waals surface area contributed by atoms with Crippen molar-refractivity contribution in [3.8, 4) is 0 Å². The number of thioether (sulfide) groups is 1. The molecule has 6 nitrogen and oxygen atoms in total. The van der Waals surface area contributed by atoms with Crippen molar-refractivity contribution in [2.75, 3.05) is 31.1 Å². The van der Waals surface area contributed by atoms with E-state index in [1.165, 1.54) is 4.90 Å². The van der Waals surface area contributed by atoms with Crippen molar-refractivity contribution in [2.45, 2.75) is 25.5 Å². The van der Waals surface area contributed by atoms with Crippen LogP contribution in [0.1, 0.15) is 13.3 Å². The first kappa shape index (κ1) is 14.5. The number of amides is 2. The molecule has 3 unspecified atom stereocenters. The molecule has 2 aliphatic heterocycles. The van der Waals surface area contributed by atoms with E-state index in [0.29, 0.717) is 25.4 Å². The van der Waals surface area contributed by atoms with E-state index in [1.54, 1.807) is 23.6 Å². The summed E-state index contributed by atoms with van der Waals surface area (Å²) in [6, 6.07) is -0.923. The maximum Gasteiger partial charge on any atom is 0.327 e. The summed E-state index contributed by atoms with van der Waals surface area (Å²) >= 11 is 1.57. The van der Waals surface area contributed by atoms with Crippen LogP contribution in [-0.2, 0) is 4.79 Å². The smallest absolute Gasteiger partial charge is 0.327 e. The highest BCUT2D eigenvalue weighted by molar-refractivity contribution is 7.99. The van der Waals surface area contributed by atoms with Crippen molar-refractivity contribution in [3.05, 3.63) is 0 Å². The molecule has 0 spiro atoms. The Hall–Kier alpha value is -0.950. The van der Waals surface area contributed by atoms with Crippen molar-refractivity contribution in [1.29, 1.82) is 0 Å². The standard InChI is InChI=1S/C12H20N2O4S/c1-8(15)9-2-3-13(6-9)12(18)14-4-5-19-7-10(14)11(16)17/h8-10,15H,2-7H2,1H3,(H,16,17). The highest BCUT2D eigenvalue weighted by atomic mass is 32.2. The van der Waals surface area contributed by atoms with Crippen LogP contribution in [0, 0.1) is 5.92 Å². The highest BCUT2D eigenvalue weighted by Crippen LogP contribution is 2.24. The Balaban J connectivity index is 2.00. The van der Waals surface area contributed by atoms with Crippen LogP contribution in [0.15, 0.2) is 0 Å². The maximum atomic E-state index is 12.4. The van der Waals surface area contributed by atoms with Gasteiger partial charge in [-0.05, 0) is 13.3 Å². The van der Waals surface area contributed by atoms with Crippen LogP contribution in [0.2, 0.25) is 0 Å². The largest absolute Gasteiger partial charge is 0.480 e. The zero-order chi connectivity index (χ0) is 14.0. The molecule has 0 radical (unpaired) electrons. The van der Waals surface area contributed by atoms with E-state index in [2.05, 4.69) is 0 Å². The van der Waals surface area contributed by atoms with Gasteiger partial charge in [0, 0.05) is 37.1 Å². The lowest BCUT2D eigenvalue weighted by Crippen LogP contribution is -2.54. The van der Waals surface area contributed by atoms with Gasteiger partial charge in [-0.2, -0.15) is 11.8 Å². The van der Waals surface area contributed by atoms with Gasteiger partial charge in [-0.1, -0.05) is 0 Å². The molecular weight excluding hydrogens is 268 g/mol. The van der Waals surface area contributed by atoms with Gasteiger partial charge in [0.1, 0.15) is 6.04 Å². The summed E-state index contributed by atoms with van der Waals surface area (Å²) in [5.74, 6) is 0.399. The minimum Gasteiger partial charge on any atom is -0.480 e. The number of aliphatic hydroxyl groups excluding tert-OH is 1. The van der Waals surface area contributed by atoms with Crippen LogP contribution >= 0.6 is 11.8 Å². The summed E-state index contributed by atoms with van der Waals surface area (Å²) in [6.07, 6.45) is 0.356. The maximum absolute atomic E-state index is 12.4. The highest BCUT2D eigenvalue weighted by Gasteiger charge is 2.37. The molecular formula is C12H20N2O4S. The number of carbonyl (C=O) groups is 2. The molecule has 2 N–H and O–H groups in total. The Morgan fingerprint density at radius 1 is 1.37 bits per heavy atom. The lowest BCUT2D eigenvalue weighted by atomic mass is 10.0. The third kappa shape index (κ3) is 3.14. The van der Waals surface area contributed by atoms with Gasteiger partial charge in [0.25, 0.3) is 0 Å². The Morgan fingerprint density at radius 2 is 2.11 bits per heavy atom. The number of urea groups is 1. The van der Waals surface area contributed by atoms with Crippen LogP contribution in [0.25, 0.3) is 0 Å². The lowest BCUT2D eigenvalue weighted by molar-refractivity contribution is -0.141. The number of rotatable bonds is 2. The van der Waals surface area contributed by atoms with Gasteiger partial charge >= 0.3 is 12.0 Å². The monoisotopic (exact) mass is 288 g/mol. The molecule has 0 aliphatic carbocycles. The number of carboxylic acids is 1. The van der Waals surface area contributed by atoms with Crippen molar-refractivity contribution < 1.29 is 19.8 Å². The number of hydrogen-bond donors (Lipinski definition) is 2. The van der Waals surface area contributed by atoms with E-state index in [0.717, 1.165) is 12.2 Å². The van der Waals surface area contributed by atoms with E-state index in [9.17, 15) is 19.8 Å². The molecule has 0 saturated carbocycles. The van der Waals surface area contributed by atoms with Crippen molar-refractivity contribution in [3.63, 3.8) is 0 Å². The number of aliphatic hydroxyl groups is 1. The quantitative estimate of drug-likeness (QED) is 0.764. The van der Waals surface area contributed by atoms with E-state index < -0.39 is 18.1 Å². The number of carboxylic acid groups (broad SMARTS) is 1. The Bertz CT molecular complexity index is 364. The number of likely N-dealkylation sites (tertiary alicyclic amines) is 1. The second-order valence-corrected chi connectivity index (χ2v) is 6.29. The Kier molecular flexibility index (Phi) is 4.57. The Labute approximate surface area is 116 Å². The van der Waals surface area contributed by atoms with Crippen LogP contribution in [0.5, 0.6) is 0 Å². The van der Waals surface area contributed by atoms with Gasteiger partial charge < -0.3 is 20.0 Å². The van der Waals surface area contributed by atoms with Crippen LogP contribution in [-0.4, -0.2) is 75.3 Å². The van der Waals surface area contributed by atoms with Gasteiger partial charge in [0.15, 0.2) is 0 Å².